The fourth-order valence-electron chi connectivity index (χ4n) is 2.74. The number of allylic oxidation sites excluding steroid dienone is 2. The van der Waals surface area contributed by atoms with Gasteiger partial charge in [-0.2, -0.15) is 0 Å². The molecule has 0 atom stereocenters. The molecule has 116 valence electrons. The lowest BCUT2D eigenvalue weighted by molar-refractivity contribution is -0.112. The molecule has 2 aromatic carbocycles. The molecule has 1 fully saturated rings. The highest BCUT2D eigenvalue weighted by Crippen LogP contribution is 2.30. The zero-order chi connectivity index (χ0) is 16.2. The van der Waals surface area contributed by atoms with Crippen LogP contribution in [-0.2, 0) is 4.79 Å². The zero-order valence-corrected chi connectivity index (χ0v) is 14.1. The number of ketones is 1. The summed E-state index contributed by atoms with van der Waals surface area (Å²) in [5, 5.41) is 1.32. The van der Waals surface area contributed by atoms with Crippen LogP contribution in [0.1, 0.15) is 30.4 Å². The number of benzene rings is 2. The van der Waals surface area contributed by atoms with Crippen molar-refractivity contribution in [3.63, 3.8) is 0 Å². The fraction of sp³-hybridized carbons (Fsp3) is 0.150. The third kappa shape index (κ3) is 3.74. The van der Waals surface area contributed by atoms with Crippen LogP contribution in [0, 0.1) is 0 Å². The van der Waals surface area contributed by atoms with Crippen LogP contribution in [0.2, 0.25) is 10.0 Å². The zero-order valence-electron chi connectivity index (χ0n) is 12.6. The van der Waals surface area contributed by atoms with Crippen molar-refractivity contribution >= 4 is 41.1 Å². The summed E-state index contributed by atoms with van der Waals surface area (Å²) >= 11 is 12.4. The molecule has 1 nitrogen and oxygen atoms in total. The maximum absolute atomic E-state index is 12.7. The van der Waals surface area contributed by atoms with Gasteiger partial charge in [0, 0.05) is 21.2 Å². The van der Waals surface area contributed by atoms with Crippen molar-refractivity contribution in [3.05, 3.63) is 80.8 Å². The summed E-state index contributed by atoms with van der Waals surface area (Å²) in [7, 11) is 0. The van der Waals surface area contributed by atoms with Crippen molar-refractivity contribution in [1.82, 2.24) is 0 Å². The van der Waals surface area contributed by atoms with E-state index in [0.717, 1.165) is 41.5 Å². The Kier molecular flexibility index (Phi) is 5.00. The molecule has 0 spiro atoms. The van der Waals surface area contributed by atoms with E-state index in [4.69, 9.17) is 23.2 Å². The molecule has 3 heteroatoms. The minimum atomic E-state index is 0.0936. The third-order valence-electron chi connectivity index (χ3n) is 3.95. The van der Waals surface area contributed by atoms with Gasteiger partial charge < -0.3 is 0 Å². The van der Waals surface area contributed by atoms with Gasteiger partial charge in [-0.05, 0) is 54.7 Å². The van der Waals surface area contributed by atoms with Gasteiger partial charge in [0.1, 0.15) is 0 Å². The number of carbonyl (C=O) groups is 1. The lowest BCUT2D eigenvalue weighted by Crippen LogP contribution is -2.12. The van der Waals surface area contributed by atoms with E-state index in [0.29, 0.717) is 10.0 Å². The highest BCUT2D eigenvalue weighted by molar-refractivity contribution is 6.32. The first-order chi connectivity index (χ1) is 11.1. The molecule has 0 unspecified atom stereocenters. The van der Waals surface area contributed by atoms with Gasteiger partial charge in [0.2, 0.25) is 0 Å². The number of hydrogen-bond acceptors (Lipinski definition) is 1. The maximum Gasteiger partial charge on any atom is 0.185 e. The normalized spacial score (nSPS) is 18.6. The summed E-state index contributed by atoms with van der Waals surface area (Å²) in [5.74, 6) is 0.0936. The molecule has 0 radical (unpaired) electrons. The van der Waals surface area contributed by atoms with E-state index >= 15 is 0 Å². The standard InChI is InChI=1S/C20H16Cl2O/c21-18-10-3-1-6-14(18)12-16-8-5-9-17(20(16)23)13-15-7-2-4-11-19(15)22/h1-4,6-7,10-13H,5,8-9H2. The molecule has 0 N–H and O–H groups in total. The van der Waals surface area contributed by atoms with Crippen molar-refractivity contribution in [2.45, 2.75) is 19.3 Å². The van der Waals surface area contributed by atoms with Crippen LogP contribution in [0.3, 0.4) is 0 Å². The number of hydrogen-bond donors (Lipinski definition) is 0. The fourth-order valence-corrected chi connectivity index (χ4v) is 3.12. The number of rotatable bonds is 2. The summed E-state index contributed by atoms with van der Waals surface area (Å²) < 4.78 is 0. The SMILES string of the molecule is O=C1C(=Cc2ccccc2Cl)CCCC1=Cc1ccccc1Cl. The number of halogens is 2. The smallest absolute Gasteiger partial charge is 0.185 e. The molecule has 0 bridgehead atoms. The van der Waals surface area contributed by atoms with Gasteiger partial charge in [-0.15, -0.1) is 0 Å². The molecule has 1 aliphatic carbocycles. The van der Waals surface area contributed by atoms with Crippen molar-refractivity contribution in [2.75, 3.05) is 0 Å². The predicted octanol–water partition coefficient (Wildman–Crippen LogP) is 6.21. The summed E-state index contributed by atoms with van der Waals surface area (Å²) in [4.78, 5) is 12.7. The molecule has 0 heterocycles. The molecule has 1 saturated carbocycles. The first kappa shape index (κ1) is 16.0. The Morgan fingerprint density at radius 2 is 1.17 bits per heavy atom. The quantitative estimate of drug-likeness (QED) is 0.592. The first-order valence-electron chi connectivity index (χ1n) is 7.60. The van der Waals surface area contributed by atoms with Crippen molar-refractivity contribution in [1.29, 1.82) is 0 Å². The summed E-state index contributed by atoms with van der Waals surface area (Å²) in [6.45, 7) is 0. The van der Waals surface area contributed by atoms with Crippen LogP contribution in [0.5, 0.6) is 0 Å². The van der Waals surface area contributed by atoms with Gasteiger partial charge >= 0.3 is 0 Å². The van der Waals surface area contributed by atoms with Gasteiger partial charge in [0.25, 0.3) is 0 Å². The molecule has 0 aromatic heterocycles. The number of carbonyl (C=O) groups excluding carboxylic acids is 1. The monoisotopic (exact) mass is 342 g/mol. The van der Waals surface area contributed by atoms with Crippen molar-refractivity contribution in [3.8, 4) is 0 Å². The van der Waals surface area contributed by atoms with E-state index in [-0.39, 0.29) is 5.78 Å². The van der Waals surface area contributed by atoms with Gasteiger partial charge in [-0.25, -0.2) is 0 Å². The highest BCUT2D eigenvalue weighted by atomic mass is 35.5. The summed E-state index contributed by atoms with van der Waals surface area (Å²) in [6.07, 6.45) is 6.33. The average Bonchev–Trinajstić information content (AvgIpc) is 2.55. The van der Waals surface area contributed by atoms with Crippen molar-refractivity contribution < 1.29 is 4.79 Å². The van der Waals surface area contributed by atoms with Crippen LogP contribution < -0.4 is 0 Å². The van der Waals surface area contributed by atoms with Gasteiger partial charge in [0.05, 0.1) is 0 Å². The molecular weight excluding hydrogens is 327 g/mol. The molecule has 3 rings (SSSR count). The summed E-state index contributed by atoms with van der Waals surface area (Å²) in [5.41, 5.74) is 3.39. The van der Waals surface area contributed by atoms with Crippen LogP contribution in [-0.4, -0.2) is 5.78 Å². The molecule has 0 aliphatic heterocycles. The average molecular weight is 343 g/mol. The van der Waals surface area contributed by atoms with E-state index in [1.807, 2.05) is 60.7 Å². The van der Waals surface area contributed by atoms with E-state index in [1.165, 1.54) is 0 Å². The second kappa shape index (κ2) is 7.16. The van der Waals surface area contributed by atoms with E-state index < -0.39 is 0 Å². The molecule has 2 aromatic rings. The molecule has 0 amide bonds. The van der Waals surface area contributed by atoms with E-state index in [9.17, 15) is 4.79 Å². The van der Waals surface area contributed by atoms with Crippen LogP contribution >= 0.6 is 23.2 Å². The minimum Gasteiger partial charge on any atom is -0.289 e. The van der Waals surface area contributed by atoms with Gasteiger partial charge in [-0.1, -0.05) is 59.6 Å². The minimum absolute atomic E-state index is 0.0936. The molecule has 0 saturated heterocycles. The summed E-state index contributed by atoms with van der Waals surface area (Å²) in [6, 6.07) is 15.1. The molecule has 23 heavy (non-hydrogen) atoms. The Bertz CT molecular complexity index is 737. The lowest BCUT2D eigenvalue weighted by Gasteiger charge is -2.17. The van der Waals surface area contributed by atoms with E-state index in [2.05, 4.69) is 0 Å². The maximum atomic E-state index is 12.7. The van der Waals surface area contributed by atoms with Crippen LogP contribution in [0.4, 0.5) is 0 Å². The first-order valence-corrected chi connectivity index (χ1v) is 8.35. The number of Topliss-reactive ketones (excluding diaryl/α,β-unsaturated/α-hetero) is 1. The molecular formula is C20H16Cl2O. The second-order valence-corrected chi connectivity index (χ2v) is 6.38. The Labute approximate surface area is 146 Å². The van der Waals surface area contributed by atoms with Gasteiger partial charge in [0.15, 0.2) is 5.78 Å². The van der Waals surface area contributed by atoms with Crippen molar-refractivity contribution in [2.24, 2.45) is 0 Å². The Hall–Kier alpha value is -1.83. The van der Waals surface area contributed by atoms with E-state index in [1.54, 1.807) is 0 Å². The predicted molar refractivity (Wildman–Crippen MR) is 97.7 cm³/mol. The Balaban J connectivity index is 1.93. The van der Waals surface area contributed by atoms with Crippen LogP contribution in [0.25, 0.3) is 12.2 Å². The topological polar surface area (TPSA) is 17.1 Å². The third-order valence-corrected chi connectivity index (χ3v) is 4.63. The molecule has 1 aliphatic rings. The highest BCUT2D eigenvalue weighted by Gasteiger charge is 2.21. The Morgan fingerprint density at radius 3 is 1.61 bits per heavy atom. The van der Waals surface area contributed by atoms with Crippen LogP contribution in [0.15, 0.2) is 59.7 Å². The largest absolute Gasteiger partial charge is 0.289 e. The van der Waals surface area contributed by atoms with Gasteiger partial charge in [-0.3, -0.25) is 4.79 Å². The Morgan fingerprint density at radius 1 is 0.739 bits per heavy atom. The lowest BCUT2D eigenvalue weighted by atomic mass is 9.87. The second-order valence-electron chi connectivity index (χ2n) is 5.56.